The number of methoxy groups -OCH3 is 1. The van der Waals surface area contributed by atoms with Gasteiger partial charge in [-0.1, -0.05) is 12.1 Å². The number of ether oxygens (including phenoxy) is 2. The number of rotatable bonds is 7. The van der Waals surface area contributed by atoms with Crippen LogP contribution in [0.3, 0.4) is 0 Å². The first-order chi connectivity index (χ1) is 17.8. The van der Waals surface area contributed by atoms with Gasteiger partial charge >= 0.3 is 5.97 Å². The molecule has 1 aliphatic heterocycles. The van der Waals surface area contributed by atoms with Gasteiger partial charge in [-0.25, -0.2) is 0 Å². The van der Waals surface area contributed by atoms with Gasteiger partial charge in [-0.05, 0) is 55.0 Å². The van der Waals surface area contributed by atoms with Crippen molar-refractivity contribution in [3.8, 4) is 11.5 Å². The largest absolute Gasteiger partial charge is 0.497 e. The summed E-state index contributed by atoms with van der Waals surface area (Å²) < 4.78 is 12.3. The molecular formula is C26H21N5O6. The lowest BCUT2D eigenvalue weighted by Gasteiger charge is -2.14. The second kappa shape index (κ2) is 9.53. The smallest absolute Gasteiger partial charge is 0.329 e. The lowest BCUT2D eigenvalue weighted by Crippen LogP contribution is -2.35. The molecule has 186 valence electrons. The number of non-ortho nitro benzene ring substituents is 1. The first-order valence-corrected chi connectivity index (χ1v) is 11.3. The minimum atomic E-state index is -1.23. The number of anilines is 1. The van der Waals surface area contributed by atoms with Gasteiger partial charge in [0.25, 0.3) is 11.6 Å². The van der Waals surface area contributed by atoms with Crippen LogP contribution in [0.5, 0.6) is 11.5 Å². The Hall–Kier alpha value is -5.06. The van der Waals surface area contributed by atoms with Crippen LogP contribution in [0.4, 0.5) is 11.4 Å². The summed E-state index contributed by atoms with van der Waals surface area (Å²) in [6.45, 7) is 2.09. The number of fused-ring (bicyclic) bond motifs is 1. The number of nitrogens with zero attached hydrogens (tertiary/aromatic N) is 5. The third-order valence-corrected chi connectivity index (χ3v) is 6.00. The number of hydrazone groups is 1. The predicted molar refractivity (Wildman–Crippen MR) is 135 cm³/mol. The Kier molecular flexibility index (Phi) is 6.10. The van der Waals surface area contributed by atoms with Crippen molar-refractivity contribution in [3.05, 3.63) is 88.6 Å². The molecule has 1 atom stereocenters. The highest BCUT2D eigenvalue weighted by molar-refractivity contribution is 6.26. The summed E-state index contributed by atoms with van der Waals surface area (Å²) in [5.74, 6) is -1.73. The zero-order valence-electron chi connectivity index (χ0n) is 19.9. The van der Waals surface area contributed by atoms with Crippen molar-refractivity contribution >= 4 is 39.9 Å². The summed E-state index contributed by atoms with van der Waals surface area (Å²) in [6.07, 6.45) is 1.74. The van der Waals surface area contributed by atoms with Gasteiger partial charge in [0.1, 0.15) is 11.5 Å². The minimum Gasteiger partial charge on any atom is -0.497 e. The number of carbonyl (C=O) groups excluding carboxylic acids is 2. The number of esters is 1. The van der Waals surface area contributed by atoms with E-state index in [0.29, 0.717) is 12.2 Å². The van der Waals surface area contributed by atoms with E-state index in [-0.39, 0.29) is 17.1 Å². The first kappa shape index (κ1) is 23.7. The molecule has 0 radical (unpaired) electrons. The van der Waals surface area contributed by atoms with Gasteiger partial charge in [-0.3, -0.25) is 24.4 Å². The van der Waals surface area contributed by atoms with Crippen molar-refractivity contribution in [1.82, 2.24) is 9.78 Å². The van der Waals surface area contributed by atoms with E-state index < -0.39 is 22.7 Å². The highest BCUT2D eigenvalue weighted by Gasteiger charge is 2.41. The molecule has 0 aliphatic carbocycles. The van der Waals surface area contributed by atoms with Gasteiger partial charge in [-0.2, -0.15) is 15.2 Å². The fourth-order valence-corrected chi connectivity index (χ4v) is 4.05. The standard InChI is InChI=1S/C26H21N5O6/c1-16-24(26(33)37-22-11-7-19(8-12-22)31(34)35)25(32)30(28-16)20-6-5-18-14-27-29(23(18)13-20)15-17-3-9-21(36-2)10-4-17/h3-14,24H,15H2,1-2H3. The van der Waals surface area contributed by atoms with E-state index in [4.69, 9.17) is 9.47 Å². The maximum Gasteiger partial charge on any atom is 0.329 e. The third-order valence-electron chi connectivity index (χ3n) is 6.00. The van der Waals surface area contributed by atoms with Crippen LogP contribution in [0.25, 0.3) is 10.9 Å². The topological polar surface area (TPSA) is 129 Å². The summed E-state index contributed by atoms with van der Waals surface area (Å²) in [5.41, 5.74) is 2.45. The summed E-state index contributed by atoms with van der Waals surface area (Å²) in [6, 6.07) is 18.1. The Morgan fingerprint density at radius 2 is 1.76 bits per heavy atom. The van der Waals surface area contributed by atoms with Gasteiger partial charge < -0.3 is 9.47 Å². The average molecular weight is 499 g/mol. The van der Waals surface area contributed by atoms with E-state index in [0.717, 1.165) is 22.2 Å². The number of hydrogen-bond donors (Lipinski definition) is 0. The Labute approximate surface area is 210 Å². The number of amides is 1. The van der Waals surface area contributed by atoms with Crippen LogP contribution in [-0.4, -0.2) is 39.4 Å². The van der Waals surface area contributed by atoms with Gasteiger partial charge in [0.15, 0.2) is 5.92 Å². The van der Waals surface area contributed by atoms with Gasteiger partial charge in [0.2, 0.25) is 0 Å². The second-order valence-corrected chi connectivity index (χ2v) is 8.39. The molecule has 1 amide bonds. The summed E-state index contributed by atoms with van der Waals surface area (Å²) >= 11 is 0. The molecule has 11 nitrogen and oxygen atoms in total. The molecular weight excluding hydrogens is 478 g/mol. The summed E-state index contributed by atoms with van der Waals surface area (Å²) in [7, 11) is 1.61. The summed E-state index contributed by atoms with van der Waals surface area (Å²) in [5, 5.41) is 21.7. The van der Waals surface area contributed by atoms with Crippen LogP contribution in [0.2, 0.25) is 0 Å². The number of nitro benzene ring substituents is 1. The highest BCUT2D eigenvalue weighted by Crippen LogP contribution is 2.29. The third kappa shape index (κ3) is 4.61. The molecule has 1 aliphatic rings. The van der Waals surface area contributed by atoms with Crippen LogP contribution in [0.15, 0.2) is 78.0 Å². The van der Waals surface area contributed by atoms with Crippen molar-refractivity contribution in [2.75, 3.05) is 12.1 Å². The van der Waals surface area contributed by atoms with Gasteiger partial charge in [0.05, 0.1) is 41.7 Å². The van der Waals surface area contributed by atoms with Crippen molar-refractivity contribution in [1.29, 1.82) is 0 Å². The maximum absolute atomic E-state index is 13.2. The molecule has 4 aromatic rings. The quantitative estimate of drug-likeness (QED) is 0.124. The fourth-order valence-electron chi connectivity index (χ4n) is 4.05. The van der Waals surface area contributed by atoms with Gasteiger partial charge in [0, 0.05) is 17.5 Å². The molecule has 0 fully saturated rings. The van der Waals surface area contributed by atoms with Crippen molar-refractivity contribution in [2.24, 2.45) is 11.0 Å². The van der Waals surface area contributed by atoms with Crippen LogP contribution >= 0.6 is 0 Å². The lowest BCUT2D eigenvalue weighted by atomic mass is 10.1. The molecule has 1 unspecified atom stereocenters. The Balaban J connectivity index is 1.35. The molecule has 0 N–H and O–H groups in total. The molecule has 37 heavy (non-hydrogen) atoms. The predicted octanol–water partition coefficient (Wildman–Crippen LogP) is 3.95. The molecule has 0 saturated heterocycles. The molecule has 2 heterocycles. The Bertz CT molecular complexity index is 1540. The number of hydrogen-bond acceptors (Lipinski definition) is 8. The maximum atomic E-state index is 13.2. The van der Waals surface area contributed by atoms with Crippen LogP contribution in [-0.2, 0) is 16.1 Å². The van der Waals surface area contributed by atoms with Crippen molar-refractivity contribution in [2.45, 2.75) is 13.5 Å². The van der Waals surface area contributed by atoms with E-state index in [1.54, 1.807) is 32.4 Å². The monoisotopic (exact) mass is 499 g/mol. The van der Waals surface area contributed by atoms with Crippen molar-refractivity contribution in [3.63, 3.8) is 0 Å². The molecule has 3 aromatic carbocycles. The van der Waals surface area contributed by atoms with E-state index in [1.165, 1.54) is 29.3 Å². The van der Waals surface area contributed by atoms with Crippen LogP contribution in [0.1, 0.15) is 12.5 Å². The average Bonchev–Trinajstić information content (AvgIpc) is 3.43. The molecule has 11 heteroatoms. The Morgan fingerprint density at radius 3 is 2.43 bits per heavy atom. The van der Waals surface area contributed by atoms with Crippen molar-refractivity contribution < 1.29 is 24.0 Å². The van der Waals surface area contributed by atoms with Crippen LogP contribution in [0, 0.1) is 16.0 Å². The number of benzene rings is 3. The number of aromatic nitrogens is 2. The van der Waals surface area contributed by atoms with Crippen LogP contribution < -0.4 is 14.5 Å². The second-order valence-electron chi connectivity index (χ2n) is 8.39. The molecule has 0 bridgehead atoms. The normalized spacial score (nSPS) is 15.1. The highest BCUT2D eigenvalue weighted by atomic mass is 16.6. The first-order valence-electron chi connectivity index (χ1n) is 11.3. The SMILES string of the molecule is COc1ccc(Cn2ncc3ccc(N4N=C(C)C(C(=O)Oc5ccc([N+](=O)[O-])cc5)C4=O)cc32)cc1. The molecule has 0 spiro atoms. The molecule has 0 saturated carbocycles. The Morgan fingerprint density at radius 1 is 1.05 bits per heavy atom. The zero-order valence-corrected chi connectivity index (χ0v) is 19.9. The van der Waals surface area contributed by atoms with Gasteiger partial charge in [-0.15, -0.1) is 0 Å². The number of nitro groups is 1. The molecule has 5 rings (SSSR count). The van der Waals surface area contributed by atoms with E-state index >= 15 is 0 Å². The lowest BCUT2D eigenvalue weighted by molar-refractivity contribution is -0.384. The number of carbonyl (C=O) groups is 2. The van der Waals surface area contributed by atoms with E-state index in [9.17, 15) is 19.7 Å². The zero-order chi connectivity index (χ0) is 26.1. The van der Waals surface area contributed by atoms with E-state index in [1.807, 2.05) is 35.0 Å². The minimum absolute atomic E-state index is 0.0958. The fraction of sp³-hybridized carbons (Fsp3) is 0.154. The molecule has 1 aromatic heterocycles. The summed E-state index contributed by atoms with van der Waals surface area (Å²) in [4.78, 5) is 36.3. The van der Waals surface area contributed by atoms with E-state index in [2.05, 4.69) is 10.2 Å².